The van der Waals surface area contributed by atoms with Crippen molar-refractivity contribution in [2.24, 2.45) is 5.73 Å². The molecule has 1 aliphatic rings. The predicted octanol–water partition coefficient (Wildman–Crippen LogP) is 1.75. The largest absolute Gasteiger partial charge is 0.378 e. The molecule has 0 aromatic heterocycles. The Labute approximate surface area is 110 Å². The monoisotopic (exact) mass is 254 g/mol. The fourth-order valence-corrected chi connectivity index (χ4v) is 2.13. The smallest absolute Gasteiger partial charge is 0.220 e. The SMILES string of the molecule is C=CCCC(=O)NCCCOC1CCC(N)CC1. The fourth-order valence-electron chi connectivity index (χ4n) is 2.13. The minimum absolute atomic E-state index is 0.0959. The van der Waals surface area contributed by atoms with Crippen LogP contribution in [0.25, 0.3) is 0 Å². The van der Waals surface area contributed by atoms with Crippen LogP contribution < -0.4 is 11.1 Å². The van der Waals surface area contributed by atoms with E-state index in [2.05, 4.69) is 11.9 Å². The zero-order valence-corrected chi connectivity index (χ0v) is 11.2. The number of allylic oxidation sites excluding steroid dienone is 1. The summed E-state index contributed by atoms with van der Waals surface area (Å²) >= 11 is 0. The Morgan fingerprint density at radius 3 is 2.78 bits per heavy atom. The number of nitrogens with two attached hydrogens (primary N) is 1. The van der Waals surface area contributed by atoms with Gasteiger partial charge < -0.3 is 15.8 Å². The summed E-state index contributed by atoms with van der Waals surface area (Å²) in [4.78, 5) is 11.3. The molecule has 0 saturated heterocycles. The van der Waals surface area contributed by atoms with Gasteiger partial charge in [-0.15, -0.1) is 6.58 Å². The summed E-state index contributed by atoms with van der Waals surface area (Å²) in [5.74, 6) is 0.0959. The molecule has 0 bridgehead atoms. The van der Waals surface area contributed by atoms with Gasteiger partial charge in [-0.2, -0.15) is 0 Å². The van der Waals surface area contributed by atoms with E-state index in [0.717, 1.165) is 45.1 Å². The molecular weight excluding hydrogens is 228 g/mol. The van der Waals surface area contributed by atoms with E-state index in [0.29, 0.717) is 25.1 Å². The highest BCUT2D eigenvalue weighted by molar-refractivity contribution is 5.75. The second-order valence-electron chi connectivity index (χ2n) is 4.94. The highest BCUT2D eigenvalue weighted by Crippen LogP contribution is 2.19. The van der Waals surface area contributed by atoms with Crippen molar-refractivity contribution in [1.29, 1.82) is 0 Å². The van der Waals surface area contributed by atoms with Crippen LogP contribution in [0.15, 0.2) is 12.7 Å². The molecule has 4 heteroatoms. The number of ether oxygens (including phenoxy) is 1. The molecular formula is C14H26N2O2. The Bertz CT molecular complexity index is 248. The standard InChI is InChI=1S/C14H26N2O2/c1-2-3-5-14(17)16-10-4-11-18-13-8-6-12(15)7-9-13/h2,12-13H,1,3-11,15H2,(H,16,17). The van der Waals surface area contributed by atoms with Crippen LogP contribution in [0.3, 0.4) is 0 Å². The Morgan fingerprint density at radius 1 is 1.39 bits per heavy atom. The van der Waals surface area contributed by atoms with Gasteiger partial charge in [-0.1, -0.05) is 6.08 Å². The van der Waals surface area contributed by atoms with E-state index in [4.69, 9.17) is 10.5 Å². The maximum Gasteiger partial charge on any atom is 0.220 e. The van der Waals surface area contributed by atoms with Crippen molar-refractivity contribution in [3.8, 4) is 0 Å². The van der Waals surface area contributed by atoms with E-state index in [9.17, 15) is 4.79 Å². The number of carbonyl (C=O) groups excluding carboxylic acids is 1. The van der Waals surface area contributed by atoms with Crippen molar-refractivity contribution in [1.82, 2.24) is 5.32 Å². The summed E-state index contributed by atoms with van der Waals surface area (Å²) in [6.45, 7) is 5.01. The van der Waals surface area contributed by atoms with Crippen molar-refractivity contribution in [3.05, 3.63) is 12.7 Å². The van der Waals surface area contributed by atoms with Crippen molar-refractivity contribution < 1.29 is 9.53 Å². The van der Waals surface area contributed by atoms with E-state index in [1.807, 2.05) is 0 Å². The van der Waals surface area contributed by atoms with Gasteiger partial charge in [0.25, 0.3) is 0 Å². The first-order valence-electron chi connectivity index (χ1n) is 6.97. The summed E-state index contributed by atoms with van der Waals surface area (Å²) in [7, 11) is 0. The van der Waals surface area contributed by atoms with Gasteiger partial charge in [-0.3, -0.25) is 4.79 Å². The molecule has 3 N–H and O–H groups in total. The highest BCUT2D eigenvalue weighted by Gasteiger charge is 2.18. The molecule has 1 rings (SSSR count). The number of nitrogens with one attached hydrogen (secondary N) is 1. The minimum Gasteiger partial charge on any atom is -0.378 e. The van der Waals surface area contributed by atoms with Crippen LogP contribution in [-0.4, -0.2) is 31.2 Å². The van der Waals surface area contributed by atoms with E-state index in [-0.39, 0.29) is 5.91 Å². The topological polar surface area (TPSA) is 64.3 Å². The minimum atomic E-state index is 0.0959. The maximum absolute atomic E-state index is 11.3. The van der Waals surface area contributed by atoms with E-state index >= 15 is 0 Å². The first-order valence-corrected chi connectivity index (χ1v) is 6.97. The first-order chi connectivity index (χ1) is 8.72. The van der Waals surface area contributed by atoms with Gasteiger partial charge in [0.2, 0.25) is 5.91 Å². The van der Waals surface area contributed by atoms with Gasteiger partial charge in [-0.25, -0.2) is 0 Å². The number of hydrogen-bond acceptors (Lipinski definition) is 3. The van der Waals surface area contributed by atoms with Gasteiger partial charge >= 0.3 is 0 Å². The lowest BCUT2D eigenvalue weighted by atomic mass is 9.94. The van der Waals surface area contributed by atoms with Crippen LogP contribution in [0.2, 0.25) is 0 Å². The number of rotatable bonds is 8. The number of carbonyl (C=O) groups is 1. The van der Waals surface area contributed by atoms with Gasteiger partial charge in [-0.05, 0) is 38.5 Å². The molecule has 0 aliphatic heterocycles. The Hall–Kier alpha value is -0.870. The molecule has 0 atom stereocenters. The van der Waals surface area contributed by atoms with Gasteiger partial charge in [0.15, 0.2) is 0 Å². The summed E-state index contributed by atoms with van der Waals surface area (Å²) in [5.41, 5.74) is 5.84. The molecule has 1 aliphatic carbocycles. The quantitative estimate of drug-likeness (QED) is 0.512. The van der Waals surface area contributed by atoms with Gasteiger partial charge in [0, 0.05) is 25.6 Å². The third-order valence-corrected chi connectivity index (χ3v) is 3.29. The summed E-state index contributed by atoms with van der Waals surface area (Å²) in [5, 5.41) is 2.88. The second kappa shape index (κ2) is 9.11. The summed E-state index contributed by atoms with van der Waals surface area (Å²) in [6, 6.07) is 0.369. The molecule has 0 spiro atoms. The normalized spacial score (nSPS) is 23.6. The second-order valence-corrected chi connectivity index (χ2v) is 4.94. The molecule has 1 amide bonds. The zero-order valence-electron chi connectivity index (χ0n) is 11.2. The molecule has 0 aromatic carbocycles. The highest BCUT2D eigenvalue weighted by atomic mass is 16.5. The molecule has 18 heavy (non-hydrogen) atoms. The number of hydrogen-bond donors (Lipinski definition) is 2. The Balaban J connectivity index is 1.92. The van der Waals surface area contributed by atoms with Crippen molar-refractivity contribution >= 4 is 5.91 Å². The van der Waals surface area contributed by atoms with E-state index in [1.165, 1.54) is 0 Å². The van der Waals surface area contributed by atoms with Gasteiger partial charge in [0.05, 0.1) is 6.10 Å². The molecule has 1 saturated carbocycles. The lowest BCUT2D eigenvalue weighted by Gasteiger charge is -2.26. The van der Waals surface area contributed by atoms with Crippen LogP contribution in [0.1, 0.15) is 44.9 Å². The van der Waals surface area contributed by atoms with Crippen LogP contribution in [0.4, 0.5) is 0 Å². The maximum atomic E-state index is 11.3. The fraction of sp³-hybridized carbons (Fsp3) is 0.786. The number of amides is 1. The van der Waals surface area contributed by atoms with Crippen molar-refractivity contribution in [2.75, 3.05) is 13.2 Å². The predicted molar refractivity (Wildman–Crippen MR) is 73.2 cm³/mol. The zero-order chi connectivity index (χ0) is 13.2. The molecule has 1 fully saturated rings. The Kier molecular flexibility index (Phi) is 7.69. The molecule has 4 nitrogen and oxygen atoms in total. The van der Waals surface area contributed by atoms with E-state index in [1.54, 1.807) is 6.08 Å². The molecule has 0 aromatic rings. The lowest BCUT2D eigenvalue weighted by molar-refractivity contribution is -0.121. The van der Waals surface area contributed by atoms with Crippen LogP contribution >= 0.6 is 0 Å². The summed E-state index contributed by atoms with van der Waals surface area (Å²) in [6.07, 6.45) is 8.58. The average molecular weight is 254 g/mol. The van der Waals surface area contributed by atoms with Gasteiger partial charge in [0.1, 0.15) is 0 Å². The van der Waals surface area contributed by atoms with Crippen LogP contribution in [-0.2, 0) is 9.53 Å². The summed E-state index contributed by atoms with van der Waals surface area (Å²) < 4.78 is 5.77. The third kappa shape index (κ3) is 6.77. The van der Waals surface area contributed by atoms with Crippen LogP contribution in [0, 0.1) is 0 Å². The molecule has 0 heterocycles. The van der Waals surface area contributed by atoms with Crippen LogP contribution in [0.5, 0.6) is 0 Å². The first kappa shape index (κ1) is 15.2. The van der Waals surface area contributed by atoms with Crippen molar-refractivity contribution in [3.63, 3.8) is 0 Å². The lowest BCUT2D eigenvalue weighted by Crippen LogP contribution is -2.31. The average Bonchev–Trinajstić information content (AvgIpc) is 2.38. The Morgan fingerprint density at radius 2 is 2.11 bits per heavy atom. The molecule has 104 valence electrons. The molecule has 0 unspecified atom stereocenters. The van der Waals surface area contributed by atoms with E-state index < -0.39 is 0 Å². The molecule has 0 radical (unpaired) electrons. The van der Waals surface area contributed by atoms with Crippen molar-refractivity contribution in [2.45, 2.75) is 57.1 Å². The third-order valence-electron chi connectivity index (χ3n) is 3.29.